The van der Waals surface area contributed by atoms with Crippen molar-refractivity contribution in [2.45, 2.75) is 13.3 Å². The molecule has 0 saturated heterocycles. The summed E-state index contributed by atoms with van der Waals surface area (Å²) in [5.41, 5.74) is 2.70. The molecule has 3 aromatic rings. The first-order chi connectivity index (χ1) is 12.5. The molecule has 0 fully saturated rings. The second-order valence-corrected chi connectivity index (χ2v) is 6.01. The smallest absolute Gasteiger partial charge is 0.271 e. The Morgan fingerprint density at radius 2 is 1.96 bits per heavy atom. The molecule has 3 rings (SSSR count). The van der Waals surface area contributed by atoms with Crippen molar-refractivity contribution in [2.75, 3.05) is 13.1 Å². The van der Waals surface area contributed by atoms with E-state index in [1.165, 1.54) is 12.1 Å². The summed E-state index contributed by atoms with van der Waals surface area (Å²) in [6.45, 7) is 2.52. The SMILES string of the molecule is Cc1ccn2cc(C(=O)NCCNC(=O)Cc3cccc(F)c3)nc2c1. The number of halogens is 1. The second kappa shape index (κ2) is 7.77. The number of carbonyl (C=O) groups is 2. The van der Waals surface area contributed by atoms with Crippen molar-refractivity contribution in [1.82, 2.24) is 20.0 Å². The molecular weight excluding hydrogens is 335 g/mol. The van der Waals surface area contributed by atoms with Crippen molar-refractivity contribution in [3.05, 3.63) is 71.4 Å². The Hall–Kier alpha value is -3.22. The normalized spacial score (nSPS) is 10.7. The van der Waals surface area contributed by atoms with E-state index in [0.29, 0.717) is 16.9 Å². The number of fused-ring (bicyclic) bond motifs is 1. The molecule has 0 aliphatic heterocycles. The third-order valence-corrected chi connectivity index (χ3v) is 3.83. The van der Waals surface area contributed by atoms with E-state index in [1.807, 2.05) is 25.3 Å². The van der Waals surface area contributed by atoms with Crippen LogP contribution in [-0.2, 0) is 11.2 Å². The number of amides is 2. The third kappa shape index (κ3) is 4.44. The number of pyridine rings is 1. The van der Waals surface area contributed by atoms with Crippen molar-refractivity contribution >= 4 is 17.5 Å². The number of aromatic nitrogens is 2. The first-order valence-corrected chi connectivity index (χ1v) is 8.26. The van der Waals surface area contributed by atoms with Crippen LogP contribution in [0.2, 0.25) is 0 Å². The predicted molar refractivity (Wildman–Crippen MR) is 95.4 cm³/mol. The van der Waals surface area contributed by atoms with Gasteiger partial charge in [-0.25, -0.2) is 9.37 Å². The van der Waals surface area contributed by atoms with Crippen LogP contribution in [0.4, 0.5) is 4.39 Å². The number of nitrogens with zero attached hydrogens (tertiary/aromatic N) is 2. The molecule has 2 N–H and O–H groups in total. The molecule has 2 amide bonds. The highest BCUT2D eigenvalue weighted by Gasteiger charge is 2.10. The number of carbonyl (C=O) groups excluding carboxylic acids is 2. The number of aryl methyl sites for hydroxylation is 1. The maximum absolute atomic E-state index is 13.1. The lowest BCUT2D eigenvalue weighted by atomic mass is 10.1. The van der Waals surface area contributed by atoms with Crippen LogP contribution in [-0.4, -0.2) is 34.3 Å². The molecule has 0 aliphatic carbocycles. The standard InChI is InChI=1S/C19H19FN4O2/c1-13-5-8-24-12-16(23-17(24)9-13)19(26)22-7-6-21-18(25)11-14-3-2-4-15(20)10-14/h2-5,8-10,12H,6-7,11H2,1H3,(H,21,25)(H,22,26). The molecule has 6 nitrogen and oxygen atoms in total. The fourth-order valence-corrected chi connectivity index (χ4v) is 2.56. The van der Waals surface area contributed by atoms with Gasteiger partial charge in [-0.05, 0) is 42.3 Å². The van der Waals surface area contributed by atoms with Gasteiger partial charge in [0.15, 0.2) is 0 Å². The van der Waals surface area contributed by atoms with Gasteiger partial charge in [0.1, 0.15) is 17.2 Å². The monoisotopic (exact) mass is 354 g/mol. The highest BCUT2D eigenvalue weighted by Crippen LogP contribution is 2.07. The van der Waals surface area contributed by atoms with Crippen LogP contribution in [0.1, 0.15) is 21.6 Å². The minimum atomic E-state index is -0.370. The molecular formula is C19H19FN4O2. The summed E-state index contributed by atoms with van der Waals surface area (Å²) >= 11 is 0. The minimum absolute atomic E-state index is 0.0947. The van der Waals surface area contributed by atoms with Crippen LogP contribution in [0.5, 0.6) is 0 Å². The molecule has 0 aliphatic rings. The lowest BCUT2D eigenvalue weighted by Crippen LogP contribution is -2.35. The van der Waals surface area contributed by atoms with Gasteiger partial charge in [-0.2, -0.15) is 0 Å². The van der Waals surface area contributed by atoms with E-state index in [2.05, 4.69) is 15.6 Å². The lowest BCUT2D eigenvalue weighted by molar-refractivity contribution is -0.120. The summed E-state index contributed by atoms with van der Waals surface area (Å²) in [4.78, 5) is 28.2. The number of imidazole rings is 1. The minimum Gasteiger partial charge on any atom is -0.354 e. The Kier molecular flexibility index (Phi) is 5.26. The van der Waals surface area contributed by atoms with Crippen molar-refractivity contribution in [2.24, 2.45) is 0 Å². The lowest BCUT2D eigenvalue weighted by Gasteiger charge is -2.06. The fraction of sp³-hybridized carbons (Fsp3) is 0.211. The number of hydrogen-bond donors (Lipinski definition) is 2. The van der Waals surface area contributed by atoms with Gasteiger partial charge in [0.2, 0.25) is 5.91 Å². The number of rotatable bonds is 6. The van der Waals surface area contributed by atoms with Crippen LogP contribution in [0, 0.1) is 12.7 Å². The van der Waals surface area contributed by atoms with Gasteiger partial charge in [-0.15, -0.1) is 0 Å². The Morgan fingerprint density at radius 3 is 2.77 bits per heavy atom. The van der Waals surface area contributed by atoms with Crippen molar-refractivity contribution in [1.29, 1.82) is 0 Å². The van der Waals surface area contributed by atoms with E-state index in [4.69, 9.17) is 0 Å². The van der Waals surface area contributed by atoms with Crippen LogP contribution < -0.4 is 10.6 Å². The molecule has 134 valence electrons. The van der Waals surface area contributed by atoms with Crippen LogP contribution in [0.25, 0.3) is 5.65 Å². The zero-order valence-corrected chi connectivity index (χ0v) is 14.3. The topological polar surface area (TPSA) is 75.5 Å². The van der Waals surface area contributed by atoms with Gasteiger partial charge in [0, 0.05) is 25.5 Å². The first kappa shape index (κ1) is 17.6. The Labute approximate surface area is 150 Å². The Bertz CT molecular complexity index is 952. The molecule has 2 heterocycles. The quantitative estimate of drug-likeness (QED) is 0.664. The van der Waals surface area contributed by atoms with Crippen LogP contribution in [0.15, 0.2) is 48.8 Å². The van der Waals surface area contributed by atoms with Crippen LogP contribution >= 0.6 is 0 Å². The van der Waals surface area contributed by atoms with Crippen molar-refractivity contribution < 1.29 is 14.0 Å². The summed E-state index contributed by atoms with van der Waals surface area (Å²) in [5, 5.41) is 5.40. The number of hydrogen-bond acceptors (Lipinski definition) is 3. The number of nitrogens with one attached hydrogen (secondary N) is 2. The van der Waals surface area contributed by atoms with Crippen molar-refractivity contribution in [3.63, 3.8) is 0 Å². The summed E-state index contributed by atoms with van der Waals surface area (Å²) in [5.74, 6) is -0.899. The van der Waals surface area contributed by atoms with E-state index in [9.17, 15) is 14.0 Å². The van der Waals surface area contributed by atoms with Gasteiger partial charge < -0.3 is 15.0 Å². The molecule has 0 bridgehead atoms. The van der Waals surface area contributed by atoms with Gasteiger partial charge >= 0.3 is 0 Å². The average molecular weight is 354 g/mol. The first-order valence-electron chi connectivity index (χ1n) is 8.26. The molecule has 0 saturated carbocycles. The molecule has 7 heteroatoms. The van der Waals surface area contributed by atoms with E-state index in [-0.39, 0.29) is 37.1 Å². The van der Waals surface area contributed by atoms with Gasteiger partial charge in [0.05, 0.1) is 6.42 Å². The second-order valence-electron chi connectivity index (χ2n) is 6.01. The zero-order valence-electron chi connectivity index (χ0n) is 14.3. The molecule has 0 spiro atoms. The van der Waals surface area contributed by atoms with E-state index >= 15 is 0 Å². The number of benzene rings is 1. The summed E-state index contributed by atoms with van der Waals surface area (Å²) in [6, 6.07) is 9.74. The molecule has 0 radical (unpaired) electrons. The molecule has 0 unspecified atom stereocenters. The maximum Gasteiger partial charge on any atom is 0.271 e. The van der Waals surface area contributed by atoms with Gasteiger partial charge in [0.25, 0.3) is 5.91 Å². The third-order valence-electron chi connectivity index (χ3n) is 3.83. The largest absolute Gasteiger partial charge is 0.354 e. The highest BCUT2D eigenvalue weighted by molar-refractivity contribution is 5.92. The van der Waals surface area contributed by atoms with Gasteiger partial charge in [-0.3, -0.25) is 9.59 Å². The fourth-order valence-electron chi connectivity index (χ4n) is 2.56. The predicted octanol–water partition coefficient (Wildman–Crippen LogP) is 1.87. The van der Waals surface area contributed by atoms with Crippen molar-refractivity contribution in [3.8, 4) is 0 Å². The molecule has 2 aromatic heterocycles. The van der Waals surface area contributed by atoms with E-state index in [0.717, 1.165) is 5.56 Å². The maximum atomic E-state index is 13.1. The zero-order chi connectivity index (χ0) is 18.5. The van der Waals surface area contributed by atoms with E-state index < -0.39 is 0 Å². The summed E-state index contributed by atoms with van der Waals surface area (Å²) in [7, 11) is 0. The average Bonchev–Trinajstić information content (AvgIpc) is 3.01. The Balaban J connectivity index is 1.45. The van der Waals surface area contributed by atoms with Crippen LogP contribution in [0.3, 0.4) is 0 Å². The molecule has 26 heavy (non-hydrogen) atoms. The van der Waals surface area contributed by atoms with E-state index in [1.54, 1.807) is 22.7 Å². The highest BCUT2D eigenvalue weighted by atomic mass is 19.1. The van der Waals surface area contributed by atoms with Gasteiger partial charge in [-0.1, -0.05) is 12.1 Å². The molecule has 1 aromatic carbocycles. The Morgan fingerprint density at radius 1 is 1.15 bits per heavy atom. The molecule has 0 atom stereocenters. The summed E-state index contributed by atoms with van der Waals surface area (Å²) < 4.78 is 14.9. The summed E-state index contributed by atoms with van der Waals surface area (Å²) in [6.07, 6.45) is 3.60.